The van der Waals surface area contributed by atoms with E-state index in [-0.39, 0.29) is 41.3 Å². The number of amides is 1. The first-order valence-electron chi connectivity index (χ1n) is 9.60. The van der Waals surface area contributed by atoms with Gasteiger partial charge in [0.05, 0.1) is 45.9 Å². The van der Waals surface area contributed by atoms with E-state index in [1.54, 1.807) is 18.7 Å². The van der Waals surface area contributed by atoms with Crippen LogP contribution in [0.4, 0.5) is 5.82 Å². The van der Waals surface area contributed by atoms with Gasteiger partial charge in [0.15, 0.2) is 0 Å². The van der Waals surface area contributed by atoms with Crippen LogP contribution in [0.5, 0.6) is 0 Å². The second-order valence-corrected chi connectivity index (χ2v) is 8.72. The molecular formula is C21H19N5O5S. The summed E-state index contributed by atoms with van der Waals surface area (Å²) in [6.45, 7) is 3.78. The monoisotopic (exact) mass is 453 g/mol. The number of benzene rings is 1. The van der Waals surface area contributed by atoms with Crippen LogP contribution >= 0.6 is 0 Å². The Kier molecular flexibility index (Phi) is 6.42. The lowest BCUT2D eigenvalue weighted by Gasteiger charge is -2.39. The van der Waals surface area contributed by atoms with Crippen molar-refractivity contribution >= 4 is 27.7 Å². The molecular weight excluding hydrogens is 434 g/mol. The van der Waals surface area contributed by atoms with Crippen LogP contribution in [0.1, 0.15) is 34.1 Å². The van der Waals surface area contributed by atoms with Gasteiger partial charge in [-0.3, -0.25) is 4.79 Å². The van der Waals surface area contributed by atoms with Crippen LogP contribution in [0.3, 0.4) is 0 Å². The van der Waals surface area contributed by atoms with Gasteiger partial charge in [0.25, 0.3) is 10.0 Å². The van der Waals surface area contributed by atoms with Crippen molar-refractivity contribution in [2.75, 3.05) is 24.6 Å². The molecule has 1 aromatic heterocycles. The Morgan fingerprint density at radius 1 is 1.25 bits per heavy atom. The molecule has 0 saturated carbocycles. The third kappa shape index (κ3) is 4.53. The van der Waals surface area contributed by atoms with Crippen LogP contribution in [-0.2, 0) is 19.6 Å². The van der Waals surface area contributed by atoms with E-state index in [1.807, 2.05) is 16.9 Å². The number of sulfonamides is 1. The number of aromatic nitrogens is 1. The van der Waals surface area contributed by atoms with Crippen LogP contribution < -0.4 is 9.62 Å². The third-order valence-electron chi connectivity index (χ3n) is 4.87. The van der Waals surface area contributed by atoms with E-state index in [2.05, 4.69) is 4.98 Å². The molecule has 0 spiro atoms. The summed E-state index contributed by atoms with van der Waals surface area (Å²) in [6, 6.07) is 10.6. The van der Waals surface area contributed by atoms with Crippen molar-refractivity contribution in [3.8, 4) is 12.1 Å². The lowest BCUT2D eigenvalue weighted by Crippen LogP contribution is -2.55. The fourth-order valence-corrected chi connectivity index (χ4v) is 4.25. The molecule has 2 heterocycles. The summed E-state index contributed by atoms with van der Waals surface area (Å²) < 4.78 is 31.9. The molecule has 1 fully saturated rings. The third-order valence-corrected chi connectivity index (χ3v) is 6.21. The van der Waals surface area contributed by atoms with Gasteiger partial charge in [0.1, 0.15) is 11.9 Å². The molecule has 1 saturated heterocycles. The minimum Gasteiger partial charge on any atom is -0.462 e. The zero-order valence-corrected chi connectivity index (χ0v) is 18.1. The largest absolute Gasteiger partial charge is 0.462 e. The first kappa shape index (κ1) is 22.7. The van der Waals surface area contributed by atoms with Crippen LogP contribution in [0, 0.1) is 35.5 Å². The fraction of sp³-hybridized carbons (Fsp3) is 0.286. The van der Waals surface area contributed by atoms with Crippen LogP contribution in [-0.4, -0.2) is 45.0 Å². The van der Waals surface area contributed by atoms with Gasteiger partial charge < -0.3 is 9.64 Å². The second kappa shape index (κ2) is 9.04. The number of carbonyl (C=O) groups excluding carboxylic acids is 2. The predicted octanol–water partition coefficient (Wildman–Crippen LogP) is 1.25. The molecule has 32 heavy (non-hydrogen) atoms. The van der Waals surface area contributed by atoms with Crippen molar-refractivity contribution in [2.24, 2.45) is 5.92 Å². The number of carbonyl (C=O) groups is 2. The van der Waals surface area contributed by atoms with E-state index >= 15 is 0 Å². The predicted molar refractivity (Wildman–Crippen MR) is 112 cm³/mol. The van der Waals surface area contributed by atoms with Crippen molar-refractivity contribution in [1.29, 1.82) is 10.5 Å². The molecule has 1 aromatic carbocycles. The zero-order chi connectivity index (χ0) is 23.5. The van der Waals surface area contributed by atoms with Crippen molar-refractivity contribution in [2.45, 2.75) is 18.7 Å². The highest BCUT2D eigenvalue weighted by Gasteiger charge is 2.37. The van der Waals surface area contributed by atoms with Gasteiger partial charge in [0, 0.05) is 13.1 Å². The van der Waals surface area contributed by atoms with Crippen molar-refractivity contribution in [1.82, 2.24) is 9.71 Å². The molecule has 1 amide bonds. The molecule has 0 radical (unpaired) electrons. The normalized spacial score (nSPS) is 13.4. The van der Waals surface area contributed by atoms with E-state index in [4.69, 9.17) is 10.00 Å². The number of anilines is 1. The second-order valence-electron chi connectivity index (χ2n) is 7.04. The van der Waals surface area contributed by atoms with E-state index in [0.717, 1.165) is 0 Å². The van der Waals surface area contributed by atoms with Crippen LogP contribution in [0.15, 0.2) is 35.2 Å². The van der Waals surface area contributed by atoms with Gasteiger partial charge in [-0.2, -0.15) is 10.5 Å². The molecule has 1 aliphatic rings. The summed E-state index contributed by atoms with van der Waals surface area (Å²) in [7, 11) is -4.12. The summed E-state index contributed by atoms with van der Waals surface area (Å²) in [6.07, 6.45) is 0. The Hall–Kier alpha value is -3.96. The van der Waals surface area contributed by atoms with E-state index in [9.17, 15) is 23.3 Å². The average molecular weight is 453 g/mol. The molecule has 10 nitrogen and oxygen atoms in total. The summed E-state index contributed by atoms with van der Waals surface area (Å²) in [5.41, 5.74) is 0.878. The van der Waals surface area contributed by atoms with Gasteiger partial charge in [-0.25, -0.2) is 22.9 Å². The number of nitrogens with zero attached hydrogens (tertiary/aromatic N) is 4. The molecule has 0 unspecified atom stereocenters. The zero-order valence-electron chi connectivity index (χ0n) is 17.3. The number of pyridine rings is 1. The Bertz CT molecular complexity index is 1270. The molecule has 0 atom stereocenters. The maximum atomic E-state index is 12.5. The van der Waals surface area contributed by atoms with Gasteiger partial charge >= 0.3 is 5.97 Å². The van der Waals surface area contributed by atoms with Gasteiger partial charge in [-0.15, -0.1) is 0 Å². The molecule has 2 aromatic rings. The molecule has 164 valence electrons. The summed E-state index contributed by atoms with van der Waals surface area (Å²) in [5, 5.41) is 18.4. The Morgan fingerprint density at radius 3 is 2.59 bits per heavy atom. The fourth-order valence-electron chi connectivity index (χ4n) is 3.16. The van der Waals surface area contributed by atoms with Gasteiger partial charge in [-0.1, -0.05) is 6.07 Å². The summed E-state index contributed by atoms with van der Waals surface area (Å²) >= 11 is 0. The number of hydrogen-bond donors (Lipinski definition) is 1. The SMILES string of the molecule is CCOC(=O)c1cc(C#N)c(N2CC(C(=O)NS(=O)(=O)c3cccc(C#N)c3)C2)nc1C. The number of aryl methyl sites for hydroxylation is 1. The highest BCUT2D eigenvalue weighted by molar-refractivity contribution is 7.90. The highest BCUT2D eigenvalue weighted by Crippen LogP contribution is 2.28. The topological polar surface area (TPSA) is 153 Å². The summed E-state index contributed by atoms with van der Waals surface area (Å²) in [4.78, 5) is 30.3. The van der Waals surface area contributed by atoms with Gasteiger partial charge in [-0.05, 0) is 38.1 Å². The van der Waals surface area contributed by atoms with Gasteiger partial charge in [0.2, 0.25) is 5.91 Å². The van der Waals surface area contributed by atoms with E-state index < -0.39 is 27.8 Å². The lowest BCUT2D eigenvalue weighted by molar-refractivity contribution is -0.123. The highest BCUT2D eigenvalue weighted by atomic mass is 32.2. The molecule has 11 heteroatoms. The average Bonchev–Trinajstić information content (AvgIpc) is 2.72. The van der Waals surface area contributed by atoms with E-state index in [0.29, 0.717) is 11.5 Å². The number of nitriles is 2. The lowest BCUT2D eigenvalue weighted by atomic mass is 9.98. The Morgan fingerprint density at radius 2 is 1.97 bits per heavy atom. The summed E-state index contributed by atoms with van der Waals surface area (Å²) in [5.74, 6) is -1.59. The minimum absolute atomic E-state index is 0.151. The first-order valence-corrected chi connectivity index (χ1v) is 11.1. The smallest absolute Gasteiger partial charge is 0.340 e. The Balaban J connectivity index is 1.71. The number of esters is 1. The molecule has 0 aliphatic carbocycles. The van der Waals surface area contributed by atoms with Crippen LogP contribution in [0.2, 0.25) is 0 Å². The number of ether oxygens (including phenoxy) is 1. The van der Waals surface area contributed by atoms with Crippen molar-refractivity contribution in [3.63, 3.8) is 0 Å². The van der Waals surface area contributed by atoms with Crippen molar-refractivity contribution < 1.29 is 22.7 Å². The maximum absolute atomic E-state index is 12.5. The Labute approximate surface area is 185 Å². The maximum Gasteiger partial charge on any atom is 0.340 e. The first-order chi connectivity index (χ1) is 15.2. The molecule has 1 aliphatic heterocycles. The number of rotatable bonds is 6. The number of hydrogen-bond acceptors (Lipinski definition) is 9. The molecule has 0 bridgehead atoms. The molecule has 3 rings (SSSR count). The van der Waals surface area contributed by atoms with Crippen LogP contribution in [0.25, 0.3) is 0 Å². The van der Waals surface area contributed by atoms with Crippen molar-refractivity contribution in [3.05, 3.63) is 52.7 Å². The molecule has 1 N–H and O–H groups in total. The number of nitrogens with one attached hydrogen (secondary N) is 1. The standard InChI is InChI=1S/C21H19N5O5S/c1-3-31-21(28)18-8-15(10-23)19(24-13(18)2)26-11-16(12-26)20(27)25-32(29,30)17-6-4-5-14(7-17)9-22/h4-8,16H,3,11-12H2,1-2H3,(H,25,27). The quantitative estimate of drug-likeness (QED) is 0.637. The minimum atomic E-state index is -4.12. The van der Waals surface area contributed by atoms with E-state index in [1.165, 1.54) is 30.3 Å².